The molecular formula is C15H14N2O4. The fourth-order valence-corrected chi connectivity index (χ4v) is 1.51. The van der Waals surface area contributed by atoms with E-state index in [1.807, 2.05) is 0 Å². The van der Waals surface area contributed by atoms with Crippen LogP contribution in [0.15, 0.2) is 24.3 Å². The van der Waals surface area contributed by atoms with E-state index in [0.717, 1.165) is 0 Å². The number of hydroxylamine groups is 1. The fourth-order valence-electron chi connectivity index (χ4n) is 1.51. The van der Waals surface area contributed by atoms with Crippen molar-refractivity contribution in [3.63, 3.8) is 0 Å². The second-order valence-corrected chi connectivity index (χ2v) is 4.14. The summed E-state index contributed by atoms with van der Waals surface area (Å²) in [7, 11) is 0. The minimum absolute atomic E-state index is 0.276. The summed E-state index contributed by atoms with van der Waals surface area (Å²) in [5.74, 6) is 5.84. The molecule has 0 heterocycles. The Balaban J connectivity index is 2.84. The van der Waals surface area contributed by atoms with Crippen LogP contribution in [0.2, 0.25) is 0 Å². The van der Waals surface area contributed by atoms with Gasteiger partial charge in [-0.1, -0.05) is 5.92 Å². The maximum Gasteiger partial charge on any atom is 0.268 e. The molecule has 108 valence electrons. The summed E-state index contributed by atoms with van der Waals surface area (Å²) < 4.78 is 0. The number of benzene rings is 1. The second-order valence-electron chi connectivity index (χ2n) is 4.14. The highest BCUT2D eigenvalue weighted by atomic mass is 16.5. The zero-order valence-corrected chi connectivity index (χ0v) is 11.3. The minimum Gasteiger partial charge on any atom is -0.391 e. The van der Waals surface area contributed by atoms with E-state index >= 15 is 0 Å². The van der Waals surface area contributed by atoms with E-state index in [1.54, 1.807) is 12.1 Å². The lowest BCUT2D eigenvalue weighted by atomic mass is 10.1. The highest BCUT2D eigenvalue weighted by Crippen LogP contribution is 2.04. The number of terminal acetylenes is 1. The first-order chi connectivity index (χ1) is 9.99. The second kappa shape index (κ2) is 7.71. The molecule has 6 heteroatoms. The first-order valence-corrected chi connectivity index (χ1v) is 5.99. The Morgan fingerprint density at radius 1 is 1.29 bits per heavy atom. The van der Waals surface area contributed by atoms with E-state index in [0.29, 0.717) is 5.56 Å². The predicted octanol–water partition coefficient (Wildman–Crippen LogP) is -0.344. The van der Waals surface area contributed by atoms with Crippen molar-refractivity contribution in [3.05, 3.63) is 35.4 Å². The summed E-state index contributed by atoms with van der Waals surface area (Å²) >= 11 is 0. The van der Waals surface area contributed by atoms with Gasteiger partial charge in [0.1, 0.15) is 6.04 Å². The van der Waals surface area contributed by atoms with Gasteiger partial charge < -0.3 is 10.4 Å². The zero-order chi connectivity index (χ0) is 15.8. The van der Waals surface area contributed by atoms with Gasteiger partial charge >= 0.3 is 0 Å². The number of aliphatic hydroxyl groups excluding tert-OH is 1. The average Bonchev–Trinajstić information content (AvgIpc) is 2.49. The molecule has 1 rings (SSSR count). The zero-order valence-electron chi connectivity index (χ0n) is 11.3. The Kier molecular flexibility index (Phi) is 5.97. The molecule has 0 aliphatic rings. The third kappa shape index (κ3) is 4.66. The van der Waals surface area contributed by atoms with Crippen LogP contribution in [0.25, 0.3) is 0 Å². The van der Waals surface area contributed by atoms with Gasteiger partial charge in [0.15, 0.2) is 0 Å². The van der Waals surface area contributed by atoms with Crippen LogP contribution in [0.1, 0.15) is 22.8 Å². The van der Waals surface area contributed by atoms with Crippen LogP contribution >= 0.6 is 0 Å². The van der Waals surface area contributed by atoms with Gasteiger partial charge in [-0.2, -0.15) is 0 Å². The van der Waals surface area contributed by atoms with E-state index < -0.39 is 24.0 Å². The number of rotatable bonds is 4. The predicted molar refractivity (Wildman–Crippen MR) is 75.0 cm³/mol. The molecular weight excluding hydrogens is 272 g/mol. The third-order valence-electron chi connectivity index (χ3n) is 2.59. The smallest absolute Gasteiger partial charge is 0.268 e. The van der Waals surface area contributed by atoms with Crippen LogP contribution in [0.3, 0.4) is 0 Å². The lowest BCUT2D eigenvalue weighted by Gasteiger charge is -2.19. The summed E-state index contributed by atoms with van der Waals surface area (Å²) in [6, 6.07) is 4.95. The molecule has 0 saturated heterocycles. The molecule has 0 spiro atoms. The molecule has 4 N–H and O–H groups in total. The van der Waals surface area contributed by atoms with E-state index in [9.17, 15) is 14.7 Å². The van der Waals surface area contributed by atoms with Gasteiger partial charge in [-0.3, -0.25) is 14.8 Å². The van der Waals surface area contributed by atoms with Gasteiger partial charge in [0.05, 0.1) is 6.10 Å². The van der Waals surface area contributed by atoms with Crippen molar-refractivity contribution in [1.29, 1.82) is 0 Å². The molecule has 0 saturated carbocycles. The highest BCUT2D eigenvalue weighted by molar-refractivity contribution is 5.97. The van der Waals surface area contributed by atoms with Gasteiger partial charge in [0, 0.05) is 11.1 Å². The maximum absolute atomic E-state index is 12.0. The number of hydrogen-bond donors (Lipinski definition) is 4. The van der Waals surface area contributed by atoms with Crippen LogP contribution in [0, 0.1) is 24.2 Å². The molecule has 6 nitrogen and oxygen atoms in total. The number of aliphatic hydroxyl groups is 1. The quantitative estimate of drug-likeness (QED) is 0.345. The first-order valence-electron chi connectivity index (χ1n) is 5.99. The van der Waals surface area contributed by atoms with Crippen LogP contribution < -0.4 is 10.8 Å². The summed E-state index contributed by atoms with van der Waals surface area (Å²) in [5.41, 5.74) is 2.30. The van der Waals surface area contributed by atoms with E-state index in [-0.39, 0.29) is 5.56 Å². The Morgan fingerprint density at radius 2 is 1.90 bits per heavy atom. The number of amides is 2. The van der Waals surface area contributed by atoms with Crippen molar-refractivity contribution < 1.29 is 19.9 Å². The molecule has 21 heavy (non-hydrogen) atoms. The molecule has 2 unspecified atom stereocenters. The molecule has 0 aromatic heterocycles. The minimum atomic E-state index is -1.26. The fraction of sp³-hybridized carbons (Fsp3) is 0.200. The van der Waals surface area contributed by atoms with Crippen LogP contribution in [0.4, 0.5) is 0 Å². The summed E-state index contributed by atoms with van der Waals surface area (Å²) in [5, 5.41) is 20.3. The molecule has 1 aromatic rings. The van der Waals surface area contributed by atoms with E-state index in [4.69, 9.17) is 11.6 Å². The van der Waals surface area contributed by atoms with Crippen molar-refractivity contribution in [3.8, 4) is 24.2 Å². The Bertz CT molecular complexity index is 618. The lowest BCUT2D eigenvalue weighted by Crippen LogP contribution is -2.51. The van der Waals surface area contributed by atoms with Crippen molar-refractivity contribution in [2.45, 2.75) is 19.1 Å². The number of nitrogens with one attached hydrogen (secondary N) is 2. The Morgan fingerprint density at radius 3 is 2.38 bits per heavy atom. The summed E-state index contributed by atoms with van der Waals surface area (Å²) in [4.78, 5) is 23.3. The number of carbonyl (C=O) groups excluding carboxylic acids is 2. The summed E-state index contributed by atoms with van der Waals surface area (Å²) in [6.45, 7) is 1.32. The van der Waals surface area contributed by atoms with Gasteiger partial charge in [-0.15, -0.1) is 6.42 Å². The maximum atomic E-state index is 12.0. The van der Waals surface area contributed by atoms with E-state index in [1.165, 1.54) is 24.5 Å². The van der Waals surface area contributed by atoms with Crippen molar-refractivity contribution in [1.82, 2.24) is 10.8 Å². The highest BCUT2D eigenvalue weighted by Gasteiger charge is 2.25. The van der Waals surface area contributed by atoms with Gasteiger partial charge in [-0.05, 0) is 43.0 Å². The standard InChI is InChI=1S/C15H14N2O4/c1-3-4-5-11-6-8-12(9-7-11)14(19)16-13(10(2)18)15(20)17-21/h1,6-10,13,18,21H,2H3,(H,16,19)(H,17,20). The number of hydrogen-bond acceptors (Lipinski definition) is 4. The van der Waals surface area contributed by atoms with Crippen LogP contribution in [0.5, 0.6) is 0 Å². The van der Waals surface area contributed by atoms with Crippen molar-refractivity contribution in [2.24, 2.45) is 0 Å². The van der Waals surface area contributed by atoms with Crippen LogP contribution in [-0.2, 0) is 4.79 Å². The SMILES string of the molecule is C#CC#Cc1ccc(C(=O)NC(C(=O)NO)C(C)O)cc1. The molecule has 0 aliphatic carbocycles. The normalized spacial score (nSPS) is 12.1. The topological polar surface area (TPSA) is 98.7 Å². The van der Waals surface area contributed by atoms with Crippen LogP contribution in [-0.4, -0.2) is 34.3 Å². The Labute approximate surface area is 122 Å². The van der Waals surface area contributed by atoms with E-state index in [2.05, 4.69) is 23.1 Å². The van der Waals surface area contributed by atoms with Gasteiger partial charge in [0.2, 0.25) is 0 Å². The molecule has 2 atom stereocenters. The lowest BCUT2D eigenvalue weighted by molar-refractivity contribution is -0.133. The van der Waals surface area contributed by atoms with Gasteiger partial charge in [-0.25, -0.2) is 5.48 Å². The average molecular weight is 286 g/mol. The Hall–Kier alpha value is -2.80. The van der Waals surface area contributed by atoms with Crippen molar-refractivity contribution >= 4 is 11.8 Å². The largest absolute Gasteiger partial charge is 0.391 e. The molecule has 0 aliphatic heterocycles. The first kappa shape index (κ1) is 16.3. The molecule has 2 amide bonds. The van der Waals surface area contributed by atoms with Crippen molar-refractivity contribution in [2.75, 3.05) is 0 Å². The number of carbonyl (C=O) groups is 2. The monoisotopic (exact) mass is 286 g/mol. The third-order valence-corrected chi connectivity index (χ3v) is 2.59. The summed E-state index contributed by atoms with van der Waals surface area (Å²) in [6.07, 6.45) is 3.84. The molecule has 0 bridgehead atoms. The van der Waals surface area contributed by atoms with Gasteiger partial charge in [0.25, 0.3) is 11.8 Å². The molecule has 1 aromatic carbocycles. The molecule has 0 radical (unpaired) electrons. The molecule has 0 fully saturated rings.